The van der Waals surface area contributed by atoms with Gasteiger partial charge in [0.1, 0.15) is 36.3 Å². The first-order chi connectivity index (χ1) is 14.5. The van der Waals surface area contributed by atoms with Crippen molar-refractivity contribution in [2.75, 3.05) is 19.8 Å². The maximum absolute atomic E-state index is 10.5. The van der Waals surface area contributed by atoms with Gasteiger partial charge in [-0.2, -0.15) is 0 Å². The minimum atomic E-state index is -1.39. The minimum absolute atomic E-state index is 0. The molecule has 2 heterocycles. The molecule has 8 heteroatoms. The fraction of sp³-hybridized carbons (Fsp3) is 0.478. The smallest absolute Gasteiger partial charge is 0.119 e. The first-order valence-electron chi connectivity index (χ1n) is 10.4. The van der Waals surface area contributed by atoms with Gasteiger partial charge in [0.15, 0.2) is 0 Å². The molecule has 2 aromatic carbocycles. The lowest BCUT2D eigenvalue weighted by molar-refractivity contribution is -0.231. The molecule has 7 nitrogen and oxygen atoms in total. The molecular weight excluding hydrogens is 422 g/mol. The molecule has 2 aliphatic rings. The van der Waals surface area contributed by atoms with Gasteiger partial charge in [-0.05, 0) is 47.7 Å². The molecule has 1 fully saturated rings. The maximum atomic E-state index is 10.5. The molecule has 4 rings (SSSR count). The number of nitrogens with one attached hydrogen (secondary N) is 1. The number of hydrogen-bond donors (Lipinski definition) is 5. The second kappa shape index (κ2) is 10.3. The Kier molecular flexibility index (Phi) is 7.93. The number of fused-ring (bicyclic) bond motifs is 1. The zero-order valence-electron chi connectivity index (χ0n) is 17.3. The highest BCUT2D eigenvalue weighted by Gasteiger charge is 2.44. The van der Waals surface area contributed by atoms with Gasteiger partial charge < -0.3 is 35.2 Å². The Morgan fingerprint density at radius 1 is 1.00 bits per heavy atom. The Hall–Kier alpha value is -1.71. The van der Waals surface area contributed by atoms with Crippen LogP contribution >= 0.6 is 12.4 Å². The van der Waals surface area contributed by atoms with Gasteiger partial charge in [0.2, 0.25) is 0 Å². The summed E-state index contributed by atoms with van der Waals surface area (Å²) in [6.07, 6.45) is -4.92. The van der Waals surface area contributed by atoms with Crippen LogP contribution in [-0.4, -0.2) is 64.6 Å². The number of ether oxygens (including phenoxy) is 2. The Morgan fingerprint density at radius 2 is 1.71 bits per heavy atom. The topological polar surface area (TPSA) is 111 Å². The van der Waals surface area contributed by atoms with E-state index in [9.17, 15) is 20.4 Å². The average Bonchev–Trinajstić information content (AvgIpc) is 2.78. The average molecular weight is 452 g/mol. The standard InChI is InChI=1S/C23H29NO6.ClH/c1-2-29-16-7-5-14(6-8-16)19-17-11-15(4-3-13(17)9-10-24-19)23-22(28)21(27)20(26)18(12-25)30-23;/h3-8,11,18-28H,2,9-10,12H2,1H3;1H/t18-,19+,20-,21+,22-,23+;/m1./s1. The largest absolute Gasteiger partial charge is 0.494 e. The summed E-state index contributed by atoms with van der Waals surface area (Å²) >= 11 is 0. The minimum Gasteiger partial charge on any atom is -0.494 e. The molecule has 0 amide bonds. The number of rotatable bonds is 5. The summed E-state index contributed by atoms with van der Waals surface area (Å²) in [5, 5.41) is 43.7. The monoisotopic (exact) mass is 451 g/mol. The lowest BCUT2D eigenvalue weighted by atomic mass is 9.85. The van der Waals surface area contributed by atoms with Crippen LogP contribution in [0.5, 0.6) is 5.75 Å². The van der Waals surface area contributed by atoms with Crippen LogP contribution in [0.3, 0.4) is 0 Å². The third kappa shape index (κ3) is 4.73. The second-order valence-corrected chi connectivity index (χ2v) is 7.85. The molecule has 6 atom stereocenters. The molecule has 31 heavy (non-hydrogen) atoms. The van der Waals surface area contributed by atoms with Gasteiger partial charge in [0, 0.05) is 6.54 Å². The predicted molar refractivity (Wildman–Crippen MR) is 118 cm³/mol. The van der Waals surface area contributed by atoms with Gasteiger partial charge in [-0.3, -0.25) is 0 Å². The fourth-order valence-corrected chi connectivity index (χ4v) is 4.35. The van der Waals surface area contributed by atoms with Crippen molar-refractivity contribution in [3.8, 4) is 5.75 Å². The highest BCUT2D eigenvalue weighted by Crippen LogP contribution is 2.36. The van der Waals surface area contributed by atoms with E-state index in [-0.39, 0.29) is 18.4 Å². The molecule has 1 saturated heterocycles. The Bertz CT molecular complexity index is 862. The van der Waals surface area contributed by atoms with E-state index in [2.05, 4.69) is 5.32 Å². The Labute approximate surface area is 188 Å². The van der Waals surface area contributed by atoms with Crippen molar-refractivity contribution >= 4 is 12.4 Å². The summed E-state index contributed by atoms with van der Waals surface area (Å²) in [4.78, 5) is 0. The normalized spacial score (nSPS) is 30.2. The molecule has 170 valence electrons. The van der Waals surface area contributed by atoms with Gasteiger partial charge in [-0.15, -0.1) is 12.4 Å². The van der Waals surface area contributed by atoms with Gasteiger partial charge >= 0.3 is 0 Å². The summed E-state index contributed by atoms with van der Waals surface area (Å²) in [7, 11) is 0. The van der Waals surface area contributed by atoms with Crippen LogP contribution in [0.1, 0.15) is 41.3 Å². The Morgan fingerprint density at radius 3 is 2.39 bits per heavy atom. The summed E-state index contributed by atoms with van der Waals surface area (Å²) in [6.45, 7) is 2.98. The first kappa shape index (κ1) is 23.9. The van der Waals surface area contributed by atoms with Crippen molar-refractivity contribution in [3.63, 3.8) is 0 Å². The van der Waals surface area contributed by atoms with Crippen molar-refractivity contribution in [1.29, 1.82) is 0 Å². The van der Waals surface area contributed by atoms with E-state index in [1.807, 2.05) is 49.4 Å². The van der Waals surface area contributed by atoms with Gasteiger partial charge in [-0.1, -0.05) is 30.3 Å². The van der Waals surface area contributed by atoms with Crippen LogP contribution in [0.2, 0.25) is 0 Å². The molecule has 2 aliphatic heterocycles. The van der Waals surface area contributed by atoms with Crippen molar-refractivity contribution < 1.29 is 29.9 Å². The maximum Gasteiger partial charge on any atom is 0.119 e. The molecular formula is C23H30ClNO6. The SMILES string of the molecule is CCOc1ccc([C@@H]2NCCc3ccc([C@@H]4O[C@H](CO)[C@@H](O)[C@H](O)[C@H]4O)cc32)cc1.Cl. The molecule has 2 aromatic rings. The van der Waals surface area contributed by atoms with E-state index < -0.39 is 37.1 Å². The summed E-state index contributed by atoms with van der Waals surface area (Å²) < 4.78 is 11.3. The fourth-order valence-electron chi connectivity index (χ4n) is 4.35. The highest BCUT2D eigenvalue weighted by atomic mass is 35.5. The van der Waals surface area contributed by atoms with Crippen molar-refractivity contribution in [2.45, 2.75) is 49.9 Å². The molecule has 0 aliphatic carbocycles. The van der Waals surface area contributed by atoms with Crippen molar-refractivity contribution in [3.05, 3.63) is 64.7 Å². The third-order valence-corrected chi connectivity index (χ3v) is 5.97. The highest BCUT2D eigenvalue weighted by molar-refractivity contribution is 5.85. The predicted octanol–water partition coefficient (Wildman–Crippen LogP) is 1.26. The van der Waals surface area contributed by atoms with E-state index in [1.165, 1.54) is 5.56 Å². The molecule has 0 aromatic heterocycles. The number of aliphatic hydroxyl groups excluding tert-OH is 4. The summed E-state index contributed by atoms with van der Waals surface area (Å²) in [6, 6.07) is 13.9. The van der Waals surface area contributed by atoms with Crippen LogP contribution in [0.4, 0.5) is 0 Å². The lowest BCUT2D eigenvalue weighted by Gasteiger charge is -2.40. The number of hydrogen-bond acceptors (Lipinski definition) is 7. The van der Waals surface area contributed by atoms with Crippen LogP contribution < -0.4 is 10.1 Å². The zero-order chi connectivity index (χ0) is 21.3. The molecule has 0 spiro atoms. The number of benzene rings is 2. The van der Waals surface area contributed by atoms with E-state index in [0.717, 1.165) is 29.8 Å². The van der Waals surface area contributed by atoms with Crippen LogP contribution in [0, 0.1) is 0 Å². The number of halogens is 1. The summed E-state index contributed by atoms with van der Waals surface area (Å²) in [5.41, 5.74) is 4.09. The third-order valence-electron chi connectivity index (χ3n) is 5.97. The molecule has 0 radical (unpaired) electrons. The molecule has 0 unspecified atom stereocenters. The van der Waals surface area contributed by atoms with Crippen LogP contribution in [-0.2, 0) is 11.2 Å². The van der Waals surface area contributed by atoms with Crippen molar-refractivity contribution in [1.82, 2.24) is 5.32 Å². The zero-order valence-corrected chi connectivity index (χ0v) is 18.2. The second-order valence-electron chi connectivity index (χ2n) is 7.85. The molecule has 0 bridgehead atoms. The molecule has 5 N–H and O–H groups in total. The van der Waals surface area contributed by atoms with E-state index in [1.54, 1.807) is 0 Å². The van der Waals surface area contributed by atoms with Crippen LogP contribution in [0.15, 0.2) is 42.5 Å². The Balaban J connectivity index is 0.00000272. The van der Waals surface area contributed by atoms with Gasteiger partial charge in [0.25, 0.3) is 0 Å². The van der Waals surface area contributed by atoms with E-state index in [4.69, 9.17) is 9.47 Å². The van der Waals surface area contributed by atoms with Gasteiger partial charge in [0.05, 0.1) is 19.3 Å². The lowest BCUT2D eigenvalue weighted by Crippen LogP contribution is -2.55. The van der Waals surface area contributed by atoms with Crippen molar-refractivity contribution in [2.24, 2.45) is 0 Å². The van der Waals surface area contributed by atoms with Crippen LogP contribution in [0.25, 0.3) is 0 Å². The quantitative estimate of drug-likeness (QED) is 0.465. The first-order valence-corrected chi connectivity index (χ1v) is 10.4. The van der Waals surface area contributed by atoms with E-state index >= 15 is 0 Å². The van der Waals surface area contributed by atoms with E-state index in [0.29, 0.717) is 12.2 Å². The number of aliphatic hydroxyl groups is 4. The molecule has 0 saturated carbocycles. The summed E-state index contributed by atoms with van der Waals surface area (Å²) in [5.74, 6) is 0.826. The van der Waals surface area contributed by atoms with Gasteiger partial charge in [-0.25, -0.2) is 0 Å².